The molecular weight excluding hydrogens is 328 g/mol. The fraction of sp³-hybridized carbons (Fsp3) is 0.316. The molecule has 0 aliphatic carbocycles. The molecule has 2 aromatic carbocycles. The summed E-state index contributed by atoms with van der Waals surface area (Å²) >= 11 is 0. The molecule has 1 amide bonds. The fourth-order valence-corrected chi connectivity index (χ4v) is 2.15. The highest BCUT2D eigenvalue weighted by Gasteiger charge is 2.14. The van der Waals surface area contributed by atoms with E-state index >= 15 is 0 Å². The Balaban J connectivity index is 1.93. The van der Waals surface area contributed by atoms with E-state index in [1.165, 1.54) is 12.1 Å². The van der Waals surface area contributed by atoms with Crippen molar-refractivity contribution in [2.24, 2.45) is 0 Å². The molecule has 0 bridgehead atoms. The summed E-state index contributed by atoms with van der Waals surface area (Å²) in [6.45, 7) is 3.12. The van der Waals surface area contributed by atoms with Crippen molar-refractivity contribution in [3.05, 3.63) is 54.1 Å². The van der Waals surface area contributed by atoms with Gasteiger partial charge in [-0.1, -0.05) is 45.0 Å². The third kappa shape index (κ3) is 5.74. The lowest BCUT2D eigenvalue weighted by molar-refractivity contribution is -0.118. The molecular formula is C19H21F2NO3. The quantitative estimate of drug-likeness (QED) is 0.829. The van der Waals surface area contributed by atoms with Gasteiger partial charge in [0.05, 0.1) is 5.69 Å². The molecule has 2 aromatic rings. The van der Waals surface area contributed by atoms with Crippen LogP contribution in [0.4, 0.5) is 14.5 Å². The van der Waals surface area contributed by atoms with Gasteiger partial charge in [-0.25, -0.2) is 0 Å². The number of halogens is 2. The molecule has 0 fully saturated rings. The lowest BCUT2D eigenvalue weighted by atomic mass is 9.87. The highest BCUT2D eigenvalue weighted by Crippen LogP contribution is 2.26. The lowest BCUT2D eigenvalue weighted by Gasteiger charge is -2.19. The average molecular weight is 349 g/mol. The summed E-state index contributed by atoms with van der Waals surface area (Å²) < 4.78 is 34.5. The highest BCUT2D eigenvalue weighted by molar-refractivity contribution is 5.93. The number of anilines is 1. The first-order chi connectivity index (χ1) is 11.8. The van der Waals surface area contributed by atoms with Gasteiger partial charge < -0.3 is 14.8 Å². The van der Waals surface area contributed by atoms with Crippen LogP contribution in [0.5, 0.6) is 11.5 Å². The number of para-hydroxylation sites is 2. The van der Waals surface area contributed by atoms with E-state index in [1.54, 1.807) is 24.3 Å². The summed E-state index contributed by atoms with van der Waals surface area (Å²) in [5, 5.41) is 2.50. The van der Waals surface area contributed by atoms with Crippen molar-refractivity contribution in [3.63, 3.8) is 0 Å². The zero-order valence-corrected chi connectivity index (χ0v) is 14.4. The van der Waals surface area contributed by atoms with Gasteiger partial charge in [-0.2, -0.15) is 8.78 Å². The number of hydrogen-bond acceptors (Lipinski definition) is 3. The number of rotatable bonds is 6. The predicted molar refractivity (Wildman–Crippen MR) is 92.3 cm³/mol. The zero-order chi connectivity index (χ0) is 18.4. The molecule has 25 heavy (non-hydrogen) atoms. The Labute approximate surface area is 145 Å². The molecule has 0 unspecified atom stereocenters. The van der Waals surface area contributed by atoms with Gasteiger partial charge >= 0.3 is 6.61 Å². The Kier molecular flexibility index (Phi) is 5.96. The number of carbonyl (C=O) groups is 1. The fourth-order valence-electron chi connectivity index (χ4n) is 2.15. The van der Waals surface area contributed by atoms with Crippen LogP contribution in [-0.4, -0.2) is 19.1 Å². The molecule has 0 aliphatic rings. The minimum absolute atomic E-state index is 0.0321. The van der Waals surface area contributed by atoms with Crippen LogP contribution in [0.3, 0.4) is 0 Å². The second-order valence-electron chi connectivity index (χ2n) is 6.49. The first-order valence-electron chi connectivity index (χ1n) is 7.83. The van der Waals surface area contributed by atoms with Crippen LogP contribution < -0.4 is 14.8 Å². The van der Waals surface area contributed by atoms with Crippen molar-refractivity contribution in [2.45, 2.75) is 32.8 Å². The molecule has 0 aromatic heterocycles. The number of carbonyl (C=O) groups excluding carboxylic acids is 1. The number of amides is 1. The Morgan fingerprint density at radius 1 is 1.08 bits per heavy atom. The van der Waals surface area contributed by atoms with Crippen molar-refractivity contribution in [2.75, 3.05) is 11.9 Å². The zero-order valence-electron chi connectivity index (χ0n) is 14.4. The Morgan fingerprint density at radius 3 is 2.32 bits per heavy atom. The first kappa shape index (κ1) is 18.7. The van der Waals surface area contributed by atoms with Gasteiger partial charge in [-0.15, -0.1) is 0 Å². The molecule has 0 radical (unpaired) electrons. The minimum atomic E-state index is -2.96. The van der Waals surface area contributed by atoms with Crippen LogP contribution in [0.1, 0.15) is 26.3 Å². The predicted octanol–water partition coefficient (Wildman–Crippen LogP) is 4.60. The number of ether oxygens (including phenoxy) is 2. The Bertz CT molecular complexity index is 709. The standard InChI is InChI=1S/C19H21F2NO3/c1-19(2,3)13-8-10-14(11-9-13)24-12-17(23)22-15-6-4-5-7-16(15)25-18(20)21/h4-11,18H,12H2,1-3H3,(H,22,23). The van der Waals surface area contributed by atoms with Crippen LogP contribution >= 0.6 is 0 Å². The topological polar surface area (TPSA) is 47.6 Å². The van der Waals surface area contributed by atoms with Crippen LogP contribution in [0.25, 0.3) is 0 Å². The van der Waals surface area contributed by atoms with E-state index in [1.807, 2.05) is 12.1 Å². The normalized spacial score (nSPS) is 11.3. The highest BCUT2D eigenvalue weighted by atomic mass is 19.3. The van der Waals surface area contributed by atoms with E-state index in [-0.39, 0.29) is 23.5 Å². The van der Waals surface area contributed by atoms with Crippen LogP contribution in [0.15, 0.2) is 48.5 Å². The van der Waals surface area contributed by atoms with E-state index in [2.05, 4.69) is 30.8 Å². The summed E-state index contributed by atoms with van der Waals surface area (Å²) in [5.74, 6) is -0.00846. The average Bonchev–Trinajstić information content (AvgIpc) is 2.54. The number of benzene rings is 2. The molecule has 0 atom stereocenters. The number of nitrogens with one attached hydrogen (secondary N) is 1. The maximum absolute atomic E-state index is 12.4. The van der Waals surface area contributed by atoms with Crippen molar-refractivity contribution < 1.29 is 23.0 Å². The van der Waals surface area contributed by atoms with Crippen LogP contribution in [-0.2, 0) is 10.2 Å². The first-order valence-corrected chi connectivity index (χ1v) is 7.83. The largest absolute Gasteiger partial charge is 0.484 e. The maximum Gasteiger partial charge on any atom is 0.387 e. The second-order valence-corrected chi connectivity index (χ2v) is 6.49. The second kappa shape index (κ2) is 7.96. The van der Waals surface area contributed by atoms with Crippen molar-refractivity contribution in [3.8, 4) is 11.5 Å². The Hall–Kier alpha value is -2.63. The van der Waals surface area contributed by atoms with E-state index in [0.29, 0.717) is 5.75 Å². The van der Waals surface area contributed by atoms with Gasteiger partial charge in [0.2, 0.25) is 0 Å². The maximum atomic E-state index is 12.4. The van der Waals surface area contributed by atoms with Crippen molar-refractivity contribution in [1.82, 2.24) is 0 Å². The molecule has 134 valence electrons. The lowest BCUT2D eigenvalue weighted by Crippen LogP contribution is -2.21. The Morgan fingerprint density at radius 2 is 1.72 bits per heavy atom. The molecule has 2 rings (SSSR count). The summed E-state index contributed by atoms with van der Waals surface area (Å²) in [6.07, 6.45) is 0. The molecule has 4 nitrogen and oxygen atoms in total. The van der Waals surface area contributed by atoms with Crippen molar-refractivity contribution >= 4 is 11.6 Å². The van der Waals surface area contributed by atoms with E-state index < -0.39 is 12.5 Å². The summed E-state index contributed by atoms with van der Waals surface area (Å²) in [5.41, 5.74) is 1.35. The van der Waals surface area contributed by atoms with Gasteiger partial charge in [0.15, 0.2) is 6.61 Å². The molecule has 0 spiro atoms. The summed E-state index contributed by atoms with van der Waals surface area (Å²) in [4.78, 5) is 12.0. The van der Waals surface area contributed by atoms with Gasteiger partial charge in [-0.05, 0) is 35.2 Å². The SMILES string of the molecule is CC(C)(C)c1ccc(OCC(=O)Nc2ccccc2OC(F)F)cc1. The molecule has 6 heteroatoms. The van der Waals surface area contributed by atoms with Gasteiger partial charge in [0.1, 0.15) is 11.5 Å². The number of hydrogen-bond donors (Lipinski definition) is 1. The molecule has 1 N–H and O–H groups in total. The van der Waals surface area contributed by atoms with Crippen LogP contribution in [0.2, 0.25) is 0 Å². The van der Waals surface area contributed by atoms with Gasteiger partial charge in [0.25, 0.3) is 5.91 Å². The van der Waals surface area contributed by atoms with E-state index in [9.17, 15) is 13.6 Å². The number of alkyl halides is 2. The summed E-state index contributed by atoms with van der Waals surface area (Å²) in [7, 11) is 0. The molecule has 0 saturated carbocycles. The van der Waals surface area contributed by atoms with Gasteiger partial charge in [0, 0.05) is 0 Å². The summed E-state index contributed by atoms with van der Waals surface area (Å²) in [6, 6.07) is 13.5. The molecule has 0 heterocycles. The van der Waals surface area contributed by atoms with E-state index in [0.717, 1.165) is 5.56 Å². The van der Waals surface area contributed by atoms with Crippen LogP contribution in [0, 0.1) is 0 Å². The third-order valence-electron chi connectivity index (χ3n) is 3.47. The molecule has 0 saturated heterocycles. The third-order valence-corrected chi connectivity index (χ3v) is 3.47. The van der Waals surface area contributed by atoms with E-state index in [4.69, 9.17) is 4.74 Å². The monoisotopic (exact) mass is 349 g/mol. The van der Waals surface area contributed by atoms with Crippen molar-refractivity contribution in [1.29, 1.82) is 0 Å². The minimum Gasteiger partial charge on any atom is -0.484 e. The smallest absolute Gasteiger partial charge is 0.387 e. The van der Waals surface area contributed by atoms with Gasteiger partial charge in [-0.3, -0.25) is 4.79 Å². The molecule has 0 aliphatic heterocycles.